The number of sulfonamides is 1. The first-order valence-corrected chi connectivity index (χ1v) is 11.6. The summed E-state index contributed by atoms with van der Waals surface area (Å²) in [6, 6.07) is 13.9. The maximum absolute atomic E-state index is 13.1. The number of benzene rings is 3. The van der Waals surface area contributed by atoms with Gasteiger partial charge in [0.05, 0.1) is 15.9 Å². The Morgan fingerprint density at radius 1 is 0.812 bits per heavy atom. The third kappa shape index (κ3) is 4.06. The highest BCUT2D eigenvalue weighted by atomic mass is 35.5. The van der Waals surface area contributed by atoms with Gasteiger partial charge in [0.1, 0.15) is 0 Å². The van der Waals surface area contributed by atoms with Crippen molar-refractivity contribution in [2.45, 2.75) is 25.7 Å². The molecule has 0 fully saturated rings. The van der Waals surface area contributed by atoms with E-state index < -0.39 is 21.1 Å². The molecule has 0 radical (unpaired) electrons. The second-order valence-electron chi connectivity index (χ2n) is 7.67. The van der Waals surface area contributed by atoms with E-state index in [2.05, 4.69) is 14.7 Å². The Kier molecular flexibility index (Phi) is 5.44. The van der Waals surface area contributed by atoms with E-state index in [4.69, 9.17) is 11.6 Å². The molecule has 0 aliphatic rings. The number of rotatable bonds is 4. The molecule has 164 valence electrons. The van der Waals surface area contributed by atoms with Gasteiger partial charge in [0.15, 0.2) is 0 Å². The van der Waals surface area contributed by atoms with Crippen molar-refractivity contribution in [3.63, 3.8) is 0 Å². The van der Waals surface area contributed by atoms with Crippen molar-refractivity contribution >= 4 is 38.3 Å². The molecule has 0 aliphatic heterocycles. The van der Waals surface area contributed by atoms with Crippen LogP contribution in [0.5, 0.6) is 0 Å². The number of hydrogen-bond donors (Lipinski definition) is 3. The lowest BCUT2D eigenvalue weighted by molar-refractivity contribution is 0.600. The van der Waals surface area contributed by atoms with Crippen molar-refractivity contribution in [2.75, 3.05) is 4.72 Å². The van der Waals surface area contributed by atoms with Crippen LogP contribution in [0.3, 0.4) is 0 Å². The molecule has 0 amide bonds. The molecule has 32 heavy (non-hydrogen) atoms. The van der Waals surface area contributed by atoms with Gasteiger partial charge in [-0.3, -0.25) is 14.3 Å². The predicted octanol–water partition coefficient (Wildman–Crippen LogP) is 4.26. The SMILES string of the molecule is Cc1cc2[nH]c(=O)c(=O)[nH]c2cc1S(=O)(=O)Nc1cc(C)c(-c2cccc(Cl)c2)c(C)c1. The molecule has 0 saturated heterocycles. The van der Waals surface area contributed by atoms with Crippen LogP contribution in [0.2, 0.25) is 5.02 Å². The van der Waals surface area contributed by atoms with Crippen LogP contribution in [0.15, 0.2) is 63.0 Å². The summed E-state index contributed by atoms with van der Waals surface area (Å²) in [5, 5.41) is 0.622. The van der Waals surface area contributed by atoms with Crippen LogP contribution in [0, 0.1) is 20.8 Å². The van der Waals surface area contributed by atoms with Gasteiger partial charge in [-0.2, -0.15) is 0 Å². The minimum atomic E-state index is -3.96. The molecular formula is C23H20ClN3O4S. The van der Waals surface area contributed by atoms with Gasteiger partial charge in [0.2, 0.25) is 0 Å². The number of fused-ring (bicyclic) bond motifs is 1. The molecule has 0 atom stereocenters. The van der Waals surface area contributed by atoms with E-state index in [1.54, 1.807) is 25.1 Å². The Morgan fingerprint density at radius 3 is 2.00 bits per heavy atom. The van der Waals surface area contributed by atoms with Crippen LogP contribution in [-0.2, 0) is 10.0 Å². The number of H-pyrrole nitrogens is 2. The van der Waals surface area contributed by atoms with Gasteiger partial charge in [-0.15, -0.1) is 0 Å². The lowest BCUT2D eigenvalue weighted by atomic mass is 9.95. The fourth-order valence-electron chi connectivity index (χ4n) is 3.87. The zero-order chi connectivity index (χ0) is 23.2. The van der Waals surface area contributed by atoms with Crippen LogP contribution in [0.4, 0.5) is 5.69 Å². The van der Waals surface area contributed by atoms with E-state index in [0.29, 0.717) is 21.8 Å². The van der Waals surface area contributed by atoms with E-state index in [-0.39, 0.29) is 10.4 Å². The smallest absolute Gasteiger partial charge is 0.314 e. The van der Waals surface area contributed by atoms with Gasteiger partial charge in [-0.05, 0) is 85.0 Å². The molecule has 3 aromatic carbocycles. The highest BCUT2D eigenvalue weighted by Gasteiger charge is 2.20. The number of hydrogen-bond acceptors (Lipinski definition) is 4. The Labute approximate surface area is 189 Å². The Hall–Kier alpha value is -3.36. The topological polar surface area (TPSA) is 112 Å². The van der Waals surface area contributed by atoms with E-state index in [0.717, 1.165) is 22.3 Å². The van der Waals surface area contributed by atoms with E-state index in [9.17, 15) is 18.0 Å². The Bertz CT molecular complexity index is 1580. The number of aryl methyl sites for hydroxylation is 3. The average Bonchev–Trinajstić information content (AvgIpc) is 2.68. The summed E-state index contributed by atoms with van der Waals surface area (Å²) >= 11 is 6.13. The molecule has 7 nitrogen and oxygen atoms in total. The Balaban J connectivity index is 1.75. The summed E-state index contributed by atoms with van der Waals surface area (Å²) in [4.78, 5) is 28.0. The van der Waals surface area contributed by atoms with Crippen LogP contribution >= 0.6 is 11.6 Å². The summed E-state index contributed by atoms with van der Waals surface area (Å²) in [5.74, 6) is 0. The zero-order valence-corrected chi connectivity index (χ0v) is 19.1. The summed E-state index contributed by atoms with van der Waals surface area (Å²) in [5.41, 5.74) is 3.50. The third-order valence-corrected chi connectivity index (χ3v) is 6.96. The molecule has 9 heteroatoms. The molecule has 1 aromatic heterocycles. The first-order chi connectivity index (χ1) is 15.0. The van der Waals surface area contributed by atoms with E-state index in [1.165, 1.54) is 12.1 Å². The van der Waals surface area contributed by atoms with Crippen molar-refractivity contribution < 1.29 is 8.42 Å². The van der Waals surface area contributed by atoms with Crippen molar-refractivity contribution in [3.8, 4) is 11.1 Å². The van der Waals surface area contributed by atoms with Gasteiger partial charge >= 0.3 is 11.1 Å². The highest BCUT2D eigenvalue weighted by molar-refractivity contribution is 7.92. The summed E-state index contributed by atoms with van der Waals surface area (Å²) in [6.45, 7) is 5.43. The van der Waals surface area contributed by atoms with Crippen LogP contribution in [-0.4, -0.2) is 18.4 Å². The first-order valence-electron chi connectivity index (χ1n) is 9.72. The maximum atomic E-state index is 13.1. The van der Waals surface area contributed by atoms with Gasteiger partial charge in [0.25, 0.3) is 10.0 Å². The summed E-state index contributed by atoms with van der Waals surface area (Å²) in [7, 11) is -3.96. The first kappa shape index (κ1) is 21.9. The van der Waals surface area contributed by atoms with Crippen molar-refractivity contribution in [1.29, 1.82) is 0 Å². The molecule has 4 rings (SSSR count). The van der Waals surface area contributed by atoms with E-state index >= 15 is 0 Å². The van der Waals surface area contributed by atoms with Crippen LogP contribution in [0.25, 0.3) is 22.2 Å². The number of aromatic amines is 2. The molecular weight excluding hydrogens is 450 g/mol. The fraction of sp³-hybridized carbons (Fsp3) is 0.130. The minimum absolute atomic E-state index is 0.00178. The van der Waals surface area contributed by atoms with Gasteiger partial charge in [0, 0.05) is 10.7 Å². The van der Waals surface area contributed by atoms with E-state index in [1.807, 2.05) is 32.0 Å². The second kappa shape index (κ2) is 7.96. The number of aromatic nitrogens is 2. The largest absolute Gasteiger partial charge is 0.316 e. The molecule has 0 bridgehead atoms. The van der Waals surface area contributed by atoms with Gasteiger partial charge in [-0.1, -0.05) is 23.7 Å². The highest BCUT2D eigenvalue weighted by Crippen LogP contribution is 2.32. The summed E-state index contributed by atoms with van der Waals surface area (Å²) in [6.07, 6.45) is 0. The van der Waals surface area contributed by atoms with Crippen molar-refractivity contribution in [1.82, 2.24) is 9.97 Å². The standard InChI is InChI=1S/C23H20ClN3O4S/c1-12-9-18-19(26-23(29)22(28)25-18)11-20(12)32(30,31)27-17-7-13(2)21(14(3)8-17)15-5-4-6-16(24)10-15/h4-11,27H,1-3H3,(H,25,28)(H,26,29). The minimum Gasteiger partial charge on any atom is -0.316 e. The average molecular weight is 470 g/mol. The second-order valence-corrected chi connectivity index (χ2v) is 9.76. The fourth-order valence-corrected chi connectivity index (χ4v) is 5.36. The molecule has 1 heterocycles. The lowest BCUT2D eigenvalue weighted by Gasteiger charge is -2.16. The van der Waals surface area contributed by atoms with Crippen LogP contribution < -0.4 is 15.8 Å². The number of nitrogens with one attached hydrogen (secondary N) is 3. The zero-order valence-electron chi connectivity index (χ0n) is 17.5. The van der Waals surface area contributed by atoms with Crippen molar-refractivity contribution in [2.24, 2.45) is 0 Å². The lowest BCUT2D eigenvalue weighted by Crippen LogP contribution is -2.29. The molecule has 0 saturated carbocycles. The quantitative estimate of drug-likeness (QED) is 0.387. The molecule has 3 N–H and O–H groups in total. The monoisotopic (exact) mass is 469 g/mol. The molecule has 4 aromatic rings. The van der Waals surface area contributed by atoms with Crippen LogP contribution in [0.1, 0.15) is 16.7 Å². The molecule has 0 unspecified atom stereocenters. The predicted molar refractivity (Wildman–Crippen MR) is 127 cm³/mol. The van der Waals surface area contributed by atoms with Gasteiger partial charge in [-0.25, -0.2) is 8.42 Å². The third-order valence-electron chi connectivity index (χ3n) is 5.21. The number of halogens is 1. The summed E-state index contributed by atoms with van der Waals surface area (Å²) < 4.78 is 28.9. The molecule has 0 aliphatic carbocycles. The maximum Gasteiger partial charge on any atom is 0.314 e. The Morgan fingerprint density at radius 2 is 1.41 bits per heavy atom. The van der Waals surface area contributed by atoms with Crippen molar-refractivity contribution in [3.05, 3.63) is 91.0 Å². The van der Waals surface area contributed by atoms with Gasteiger partial charge < -0.3 is 9.97 Å². The normalized spacial score (nSPS) is 11.6. The number of anilines is 1. The molecule has 0 spiro atoms.